The molecule has 0 unspecified atom stereocenters. The van der Waals surface area contributed by atoms with Gasteiger partial charge in [-0.1, -0.05) is 13.0 Å². The van der Waals surface area contributed by atoms with E-state index in [1.165, 1.54) is 0 Å². The first-order valence-electron chi connectivity index (χ1n) is 6.07. The highest BCUT2D eigenvalue weighted by atomic mass is 16.2. The van der Waals surface area contributed by atoms with E-state index in [0.29, 0.717) is 0 Å². The van der Waals surface area contributed by atoms with E-state index in [1.807, 2.05) is 4.90 Å². The van der Waals surface area contributed by atoms with Crippen molar-refractivity contribution in [2.75, 3.05) is 40.3 Å². The number of nitrogens with one attached hydrogen (secondary N) is 1. The fourth-order valence-corrected chi connectivity index (χ4v) is 1.84. The second-order valence-electron chi connectivity index (χ2n) is 3.92. The van der Waals surface area contributed by atoms with Gasteiger partial charge in [0, 0.05) is 40.3 Å². The minimum absolute atomic E-state index is 0.00346. The Morgan fingerprint density at radius 2 is 1.88 bits per heavy atom. The van der Waals surface area contributed by atoms with Gasteiger partial charge >= 0.3 is 6.03 Å². The van der Waals surface area contributed by atoms with E-state index in [0.717, 1.165) is 38.4 Å². The molecular weight excluding hydrogens is 216 g/mol. The second-order valence-corrected chi connectivity index (χ2v) is 3.92. The number of allylic oxidation sites excluding steroid dienone is 1. The largest absolute Gasteiger partial charge is 0.353 e. The summed E-state index contributed by atoms with van der Waals surface area (Å²) in [6, 6.07) is 0.00346. The van der Waals surface area contributed by atoms with E-state index in [2.05, 4.69) is 34.3 Å². The number of rotatable bonds is 2. The third-order valence-corrected chi connectivity index (χ3v) is 2.84. The van der Waals surface area contributed by atoms with Crippen LogP contribution in [-0.4, -0.2) is 61.9 Å². The Labute approximate surface area is 103 Å². The Morgan fingerprint density at radius 3 is 2.35 bits per heavy atom. The number of urea groups is 1. The zero-order chi connectivity index (χ0) is 12.7. The summed E-state index contributed by atoms with van der Waals surface area (Å²) < 4.78 is 0. The Morgan fingerprint density at radius 1 is 1.29 bits per heavy atom. The third kappa shape index (κ3) is 3.76. The fourth-order valence-electron chi connectivity index (χ4n) is 1.84. The zero-order valence-electron chi connectivity index (χ0n) is 10.9. The van der Waals surface area contributed by atoms with Crippen molar-refractivity contribution in [2.24, 2.45) is 4.99 Å². The molecule has 1 aliphatic heterocycles. The number of aliphatic imine (C=N–C) groups is 1. The number of nitrogens with zero attached hydrogens (tertiary/aromatic N) is 3. The molecule has 0 aromatic rings. The van der Waals surface area contributed by atoms with Crippen molar-refractivity contribution in [3.05, 3.63) is 12.2 Å². The monoisotopic (exact) mass is 238 g/mol. The summed E-state index contributed by atoms with van der Waals surface area (Å²) in [7, 11) is 3.47. The van der Waals surface area contributed by atoms with Crippen LogP contribution in [0.15, 0.2) is 17.1 Å². The number of carbonyl (C=O) groups excluding carboxylic acids is 1. The van der Waals surface area contributed by atoms with E-state index in [9.17, 15) is 4.79 Å². The van der Waals surface area contributed by atoms with Crippen molar-refractivity contribution in [3.63, 3.8) is 0 Å². The van der Waals surface area contributed by atoms with Crippen molar-refractivity contribution < 1.29 is 4.79 Å². The maximum Gasteiger partial charge on any atom is 0.317 e. The minimum atomic E-state index is 0.00346. The van der Waals surface area contributed by atoms with Crippen LogP contribution in [0.4, 0.5) is 4.79 Å². The molecule has 1 saturated heterocycles. The smallest absolute Gasteiger partial charge is 0.317 e. The molecule has 0 aliphatic carbocycles. The summed E-state index contributed by atoms with van der Waals surface area (Å²) in [5.41, 5.74) is 0. The highest BCUT2D eigenvalue weighted by Crippen LogP contribution is 2.04. The van der Waals surface area contributed by atoms with Crippen LogP contribution >= 0.6 is 0 Å². The third-order valence-electron chi connectivity index (χ3n) is 2.84. The number of amides is 2. The van der Waals surface area contributed by atoms with Gasteiger partial charge < -0.3 is 15.1 Å². The van der Waals surface area contributed by atoms with Gasteiger partial charge in [-0.05, 0) is 12.5 Å². The fraction of sp³-hybridized carbons (Fsp3) is 0.667. The van der Waals surface area contributed by atoms with Crippen LogP contribution in [0.1, 0.15) is 13.3 Å². The lowest BCUT2D eigenvalue weighted by Crippen LogP contribution is -2.52. The molecule has 0 bridgehead atoms. The predicted molar refractivity (Wildman–Crippen MR) is 70.4 cm³/mol. The maximum absolute atomic E-state index is 11.4. The Kier molecular flexibility index (Phi) is 5.52. The van der Waals surface area contributed by atoms with E-state index in [-0.39, 0.29) is 6.03 Å². The van der Waals surface area contributed by atoms with Gasteiger partial charge in [0.05, 0.1) is 0 Å². The second kappa shape index (κ2) is 6.93. The van der Waals surface area contributed by atoms with Crippen LogP contribution in [0.2, 0.25) is 0 Å². The average molecular weight is 238 g/mol. The van der Waals surface area contributed by atoms with E-state index in [4.69, 9.17) is 0 Å². The molecule has 96 valence electrons. The summed E-state index contributed by atoms with van der Waals surface area (Å²) in [6.07, 6.45) is 5.17. The molecule has 0 aromatic heterocycles. The standard InChI is InChI=1S/C12H22N4O/c1-4-5-6-11(13-2)15-7-9-16(10-8-15)12(17)14-3/h5-6H,4,7-10H2,1-3H3,(H,14,17)/b6-5-,13-11?. The quantitative estimate of drug-likeness (QED) is 0.575. The van der Waals surface area contributed by atoms with E-state index >= 15 is 0 Å². The SMILES string of the molecule is CC/C=C\C(=NC)N1CCN(C(=O)NC)CC1. The number of amidine groups is 1. The van der Waals surface area contributed by atoms with Crippen LogP contribution < -0.4 is 5.32 Å². The van der Waals surface area contributed by atoms with Gasteiger partial charge in [0.2, 0.25) is 0 Å². The molecule has 0 radical (unpaired) electrons. The Balaban J connectivity index is 2.50. The molecule has 17 heavy (non-hydrogen) atoms. The molecule has 1 rings (SSSR count). The first-order valence-corrected chi connectivity index (χ1v) is 6.07. The molecule has 5 nitrogen and oxygen atoms in total. The summed E-state index contributed by atoms with van der Waals surface area (Å²) in [4.78, 5) is 19.8. The van der Waals surface area contributed by atoms with Gasteiger partial charge in [0.15, 0.2) is 0 Å². The molecule has 0 atom stereocenters. The minimum Gasteiger partial charge on any atom is -0.353 e. The first kappa shape index (κ1) is 13.5. The van der Waals surface area contributed by atoms with Gasteiger partial charge in [-0.3, -0.25) is 4.99 Å². The van der Waals surface area contributed by atoms with Gasteiger partial charge in [-0.25, -0.2) is 4.79 Å². The molecule has 5 heteroatoms. The number of hydrogen-bond donors (Lipinski definition) is 1. The lowest BCUT2D eigenvalue weighted by atomic mass is 10.3. The van der Waals surface area contributed by atoms with Gasteiger partial charge in [0.1, 0.15) is 5.84 Å². The first-order chi connectivity index (χ1) is 8.22. The van der Waals surface area contributed by atoms with Crippen molar-refractivity contribution in [1.82, 2.24) is 15.1 Å². The summed E-state index contributed by atoms with van der Waals surface area (Å²) in [6.45, 7) is 5.28. The number of hydrogen-bond acceptors (Lipinski definition) is 2. The summed E-state index contributed by atoms with van der Waals surface area (Å²) in [5.74, 6) is 1.00. The number of carbonyl (C=O) groups is 1. The summed E-state index contributed by atoms with van der Waals surface area (Å²) in [5, 5.41) is 2.65. The molecule has 1 fully saturated rings. The van der Waals surface area contributed by atoms with Gasteiger partial charge in [-0.2, -0.15) is 0 Å². The maximum atomic E-state index is 11.4. The zero-order valence-corrected chi connectivity index (χ0v) is 10.9. The Bertz CT molecular complexity index is 304. The van der Waals surface area contributed by atoms with Crippen LogP contribution in [0, 0.1) is 0 Å². The van der Waals surface area contributed by atoms with E-state index < -0.39 is 0 Å². The lowest BCUT2D eigenvalue weighted by molar-refractivity contribution is 0.171. The topological polar surface area (TPSA) is 47.9 Å². The van der Waals surface area contributed by atoms with E-state index in [1.54, 1.807) is 14.1 Å². The van der Waals surface area contributed by atoms with Crippen LogP contribution in [0.5, 0.6) is 0 Å². The predicted octanol–water partition coefficient (Wildman–Crippen LogP) is 0.938. The van der Waals surface area contributed by atoms with Crippen LogP contribution in [-0.2, 0) is 0 Å². The molecule has 1 aliphatic rings. The molecule has 0 aromatic carbocycles. The van der Waals surface area contributed by atoms with Crippen molar-refractivity contribution >= 4 is 11.9 Å². The average Bonchev–Trinajstić information content (AvgIpc) is 2.39. The van der Waals surface area contributed by atoms with Gasteiger partial charge in [-0.15, -0.1) is 0 Å². The molecular formula is C12H22N4O. The van der Waals surface area contributed by atoms with Crippen LogP contribution in [0.25, 0.3) is 0 Å². The molecule has 0 saturated carbocycles. The highest BCUT2D eigenvalue weighted by Gasteiger charge is 2.20. The molecule has 1 N–H and O–H groups in total. The Hall–Kier alpha value is -1.52. The van der Waals surface area contributed by atoms with Gasteiger partial charge in [0.25, 0.3) is 0 Å². The highest BCUT2D eigenvalue weighted by molar-refractivity contribution is 5.93. The number of piperazine rings is 1. The van der Waals surface area contributed by atoms with Crippen molar-refractivity contribution in [3.8, 4) is 0 Å². The van der Waals surface area contributed by atoms with Crippen molar-refractivity contribution in [2.45, 2.75) is 13.3 Å². The van der Waals surface area contributed by atoms with Crippen LogP contribution in [0.3, 0.4) is 0 Å². The molecule has 0 spiro atoms. The molecule has 1 heterocycles. The van der Waals surface area contributed by atoms with Crippen molar-refractivity contribution in [1.29, 1.82) is 0 Å². The normalized spacial score (nSPS) is 17.7. The molecule has 2 amide bonds. The summed E-state index contributed by atoms with van der Waals surface area (Å²) >= 11 is 0. The lowest BCUT2D eigenvalue weighted by Gasteiger charge is -2.35.